The molecule has 3 heterocycles. The maximum Gasteiger partial charge on any atom is 0.330 e. The normalized spacial score (nSPS) is 10.8. The van der Waals surface area contributed by atoms with Gasteiger partial charge in [0.05, 0.1) is 27.0 Å². The molecule has 3 aromatic heterocycles. The van der Waals surface area contributed by atoms with Crippen molar-refractivity contribution in [3.05, 3.63) is 58.4 Å². The predicted octanol–water partition coefficient (Wildman–Crippen LogP) is 1.13. The molecule has 32 heavy (non-hydrogen) atoms. The van der Waals surface area contributed by atoms with Crippen LogP contribution in [0.3, 0.4) is 0 Å². The highest BCUT2D eigenvalue weighted by Gasteiger charge is 2.19. The number of furan rings is 1. The molecule has 4 N–H and O–H groups in total. The number of nitrogens with two attached hydrogens (primary N) is 1. The lowest BCUT2D eigenvalue weighted by Gasteiger charge is -2.11. The van der Waals surface area contributed by atoms with Crippen LogP contribution in [0, 0.1) is 0 Å². The number of aromatic nitrogens is 4. The average molecular weight is 439 g/mol. The highest BCUT2D eigenvalue weighted by molar-refractivity contribution is 5.93. The SMILES string of the molecule is COc1ccc(Cn2c(=O)n(C)c3c(NNC(=O)c4ccco4)nc(N)nc32)cc1OC. The number of fused-ring (bicyclic) bond motifs is 1. The first kappa shape index (κ1) is 20.8. The predicted molar refractivity (Wildman–Crippen MR) is 116 cm³/mol. The van der Waals surface area contributed by atoms with E-state index in [9.17, 15) is 9.59 Å². The number of nitrogens with zero attached hydrogens (tertiary/aromatic N) is 4. The Bertz CT molecular complexity index is 1340. The van der Waals surface area contributed by atoms with Crippen molar-refractivity contribution < 1.29 is 18.7 Å². The molecule has 0 bridgehead atoms. The summed E-state index contributed by atoms with van der Waals surface area (Å²) in [6.45, 7) is 0.200. The Hall–Kier alpha value is -4.48. The fourth-order valence-electron chi connectivity index (χ4n) is 3.30. The molecule has 4 rings (SSSR count). The van der Waals surface area contributed by atoms with E-state index in [1.807, 2.05) is 6.07 Å². The van der Waals surface area contributed by atoms with Crippen LogP contribution in [-0.2, 0) is 13.6 Å². The van der Waals surface area contributed by atoms with Crippen LogP contribution in [0.1, 0.15) is 16.1 Å². The third-order valence-electron chi connectivity index (χ3n) is 4.82. The number of benzene rings is 1. The molecule has 12 heteroatoms. The van der Waals surface area contributed by atoms with Crippen molar-refractivity contribution in [3.8, 4) is 11.5 Å². The number of ether oxygens (including phenoxy) is 2. The van der Waals surface area contributed by atoms with Gasteiger partial charge >= 0.3 is 11.6 Å². The van der Waals surface area contributed by atoms with E-state index in [1.165, 1.54) is 28.6 Å². The molecule has 0 fully saturated rings. The lowest BCUT2D eigenvalue weighted by Crippen LogP contribution is -2.30. The van der Waals surface area contributed by atoms with E-state index < -0.39 is 5.91 Å². The third kappa shape index (κ3) is 3.69. The van der Waals surface area contributed by atoms with Crippen molar-refractivity contribution in [2.75, 3.05) is 25.4 Å². The van der Waals surface area contributed by atoms with E-state index in [0.29, 0.717) is 22.7 Å². The molecule has 0 unspecified atom stereocenters. The summed E-state index contributed by atoms with van der Waals surface area (Å²) < 4.78 is 18.5. The van der Waals surface area contributed by atoms with Gasteiger partial charge in [-0.3, -0.25) is 24.8 Å². The van der Waals surface area contributed by atoms with Gasteiger partial charge in [-0.15, -0.1) is 0 Å². The van der Waals surface area contributed by atoms with Gasteiger partial charge in [0.1, 0.15) is 5.52 Å². The molecular formula is C20H21N7O5. The van der Waals surface area contributed by atoms with Gasteiger partial charge in [0, 0.05) is 7.05 Å². The number of nitrogen functional groups attached to an aromatic ring is 1. The molecule has 0 aliphatic rings. The molecule has 0 aliphatic carbocycles. The van der Waals surface area contributed by atoms with Crippen LogP contribution in [0.25, 0.3) is 11.2 Å². The van der Waals surface area contributed by atoms with E-state index in [0.717, 1.165) is 5.56 Å². The lowest BCUT2D eigenvalue weighted by atomic mass is 10.2. The fraction of sp³-hybridized carbons (Fsp3) is 0.200. The topological polar surface area (TPSA) is 151 Å². The summed E-state index contributed by atoms with van der Waals surface area (Å²) in [5, 5.41) is 0. The maximum absolute atomic E-state index is 13.0. The number of aryl methyl sites for hydroxylation is 1. The number of carbonyl (C=O) groups excluding carboxylic acids is 1. The number of rotatable bonds is 7. The molecule has 1 aromatic carbocycles. The number of hydrogen-bond donors (Lipinski definition) is 3. The number of nitrogens with one attached hydrogen (secondary N) is 2. The Morgan fingerprint density at radius 2 is 1.97 bits per heavy atom. The van der Waals surface area contributed by atoms with Gasteiger partial charge in [-0.25, -0.2) is 4.79 Å². The second-order valence-electron chi connectivity index (χ2n) is 6.78. The Balaban J connectivity index is 1.71. The van der Waals surface area contributed by atoms with E-state index in [2.05, 4.69) is 20.8 Å². The smallest absolute Gasteiger partial charge is 0.330 e. The fourth-order valence-corrected chi connectivity index (χ4v) is 3.30. The van der Waals surface area contributed by atoms with E-state index in [4.69, 9.17) is 19.6 Å². The molecule has 12 nitrogen and oxygen atoms in total. The maximum atomic E-state index is 13.0. The first-order valence-electron chi connectivity index (χ1n) is 9.46. The molecular weight excluding hydrogens is 418 g/mol. The highest BCUT2D eigenvalue weighted by Crippen LogP contribution is 2.28. The third-order valence-corrected chi connectivity index (χ3v) is 4.82. The lowest BCUT2D eigenvalue weighted by molar-refractivity contribution is 0.0935. The minimum Gasteiger partial charge on any atom is -0.493 e. The molecule has 0 radical (unpaired) electrons. The van der Waals surface area contributed by atoms with Crippen LogP contribution >= 0.6 is 0 Å². The van der Waals surface area contributed by atoms with Gasteiger partial charge in [0.2, 0.25) is 5.95 Å². The Labute approximate surface area is 181 Å². The van der Waals surface area contributed by atoms with Crippen LogP contribution < -0.4 is 31.7 Å². The van der Waals surface area contributed by atoms with Gasteiger partial charge in [-0.2, -0.15) is 9.97 Å². The van der Waals surface area contributed by atoms with E-state index in [1.54, 1.807) is 32.4 Å². The molecule has 0 saturated heterocycles. The molecule has 166 valence electrons. The van der Waals surface area contributed by atoms with Crippen LogP contribution in [0.15, 0.2) is 45.8 Å². The minimum atomic E-state index is -0.518. The Kier molecular flexibility index (Phi) is 5.41. The van der Waals surface area contributed by atoms with Crippen molar-refractivity contribution in [3.63, 3.8) is 0 Å². The summed E-state index contributed by atoms with van der Waals surface area (Å²) in [6.07, 6.45) is 1.38. The molecule has 0 spiro atoms. The zero-order valence-corrected chi connectivity index (χ0v) is 17.6. The summed E-state index contributed by atoms with van der Waals surface area (Å²) in [5.74, 6) is 0.796. The van der Waals surface area contributed by atoms with Gasteiger partial charge in [0.15, 0.2) is 28.7 Å². The number of amides is 1. The number of carbonyl (C=O) groups is 1. The zero-order valence-electron chi connectivity index (χ0n) is 17.6. The van der Waals surface area contributed by atoms with Crippen LogP contribution in [-0.4, -0.2) is 39.2 Å². The van der Waals surface area contributed by atoms with Crippen molar-refractivity contribution in [2.45, 2.75) is 6.54 Å². The standard InChI is InChI=1S/C20H21N7O5/c1-26-15-16(24-25-18(28)13-5-4-8-32-13)22-19(21)23-17(15)27(20(26)29)10-11-6-7-12(30-2)14(9-11)31-3/h4-9H,10H2,1-3H3,(H,25,28)(H3,21,22,23,24). The van der Waals surface area contributed by atoms with Crippen LogP contribution in [0.2, 0.25) is 0 Å². The second-order valence-corrected chi connectivity index (χ2v) is 6.78. The van der Waals surface area contributed by atoms with Crippen molar-refractivity contribution in [1.29, 1.82) is 0 Å². The quantitative estimate of drug-likeness (QED) is 0.360. The number of anilines is 2. The monoisotopic (exact) mass is 439 g/mol. The Morgan fingerprint density at radius 3 is 2.66 bits per heavy atom. The van der Waals surface area contributed by atoms with Gasteiger partial charge in [0.25, 0.3) is 0 Å². The summed E-state index contributed by atoms with van der Waals surface area (Å²) in [6, 6.07) is 8.45. The van der Waals surface area contributed by atoms with Gasteiger partial charge in [-0.05, 0) is 29.8 Å². The average Bonchev–Trinajstić information content (AvgIpc) is 3.41. The number of methoxy groups -OCH3 is 2. The second kappa shape index (κ2) is 8.34. The number of imidazole rings is 1. The summed E-state index contributed by atoms with van der Waals surface area (Å²) >= 11 is 0. The van der Waals surface area contributed by atoms with Crippen molar-refractivity contribution in [1.82, 2.24) is 24.5 Å². The van der Waals surface area contributed by atoms with Gasteiger partial charge in [-0.1, -0.05) is 6.07 Å². The molecule has 1 amide bonds. The zero-order chi connectivity index (χ0) is 22.8. The van der Waals surface area contributed by atoms with Crippen molar-refractivity contribution >= 4 is 28.8 Å². The summed E-state index contributed by atoms with van der Waals surface area (Å²) in [7, 11) is 4.66. The van der Waals surface area contributed by atoms with Crippen LogP contribution in [0.5, 0.6) is 11.5 Å². The summed E-state index contributed by atoms with van der Waals surface area (Å²) in [4.78, 5) is 33.5. The highest BCUT2D eigenvalue weighted by atomic mass is 16.5. The minimum absolute atomic E-state index is 0.0705. The van der Waals surface area contributed by atoms with E-state index >= 15 is 0 Å². The summed E-state index contributed by atoms with van der Waals surface area (Å²) in [5.41, 5.74) is 12.2. The number of hydrazine groups is 1. The van der Waals surface area contributed by atoms with Crippen molar-refractivity contribution in [2.24, 2.45) is 7.05 Å². The first-order valence-corrected chi connectivity index (χ1v) is 9.46. The van der Waals surface area contributed by atoms with Crippen LogP contribution in [0.4, 0.5) is 11.8 Å². The number of hydrogen-bond acceptors (Lipinski definition) is 9. The first-order chi connectivity index (χ1) is 15.4. The molecule has 0 aliphatic heterocycles. The van der Waals surface area contributed by atoms with E-state index in [-0.39, 0.29) is 29.8 Å². The largest absolute Gasteiger partial charge is 0.493 e. The molecule has 0 saturated carbocycles. The Morgan fingerprint density at radius 1 is 1.19 bits per heavy atom. The van der Waals surface area contributed by atoms with Gasteiger partial charge < -0.3 is 19.6 Å². The molecule has 0 atom stereocenters. The molecule has 4 aromatic rings.